The van der Waals surface area contributed by atoms with Crippen LogP contribution in [0.1, 0.15) is 66.8 Å². The Kier molecular flexibility index (Phi) is 10.4. The van der Waals surface area contributed by atoms with E-state index in [4.69, 9.17) is 0 Å². The van der Waals surface area contributed by atoms with Crippen LogP contribution in [-0.2, 0) is 29.4 Å². The molecule has 0 amide bonds. The number of hydrogen-bond acceptors (Lipinski definition) is 0. The summed E-state index contributed by atoms with van der Waals surface area (Å²) in [5.74, 6) is 0. The van der Waals surface area contributed by atoms with Gasteiger partial charge < -0.3 is 24.8 Å². The summed E-state index contributed by atoms with van der Waals surface area (Å²) in [6.45, 7) is 9.86. The molecule has 0 aromatic heterocycles. The molecule has 2 atom stereocenters. The van der Waals surface area contributed by atoms with Gasteiger partial charge in [-0.2, -0.15) is 0 Å². The minimum atomic E-state index is -2.00. The van der Waals surface area contributed by atoms with Crippen molar-refractivity contribution in [3.05, 3.63) is 166 Å². The molecule has 2 aliphatic carbocycles. The van der Waals surface area contributed by atoms with E-state index in [-0.39, 0.29) is 24.8 Å². The summed E-state index contributed by atoms with van der Waals surface area (Å²) < 4.78 is 0.964. The summed E-state index contributed by atoms with van der Waals surface area (Å²) in [6, 6.07) is 46.7. The molecule has 2 aliphatic rings. The van der Waals surface area contributed by atoms with Crippen LogP contribution in [0, 0.1) is 0 Å². The third kappa shape index (κ3) is 5.89. The number of fused-ring (bicyclic) bond motifs is 4. The van der Waals surface area contributed by atoms with Crippen molar-refractivity contribution < 1.29 is 41.4 Å². The molecule has 0 saturated carbocycles. The van der Waals surface area contributed by atoms with Crippen molar-refractivity contribution >= 4 is 51.0 Å². The third-order valence-corrected chi connectivity index (χ3v) is 23.2. The number of benzene rings is 6. The molecule has 0 aliphatic heterocycles. The van der Waals surface area contributed by atoms with Gasteiger partial charge in [0, 0.05) is 0 Å². The first kappa shape index (κ1) is 34.7. The van der Waals surface area contributed by atoms with Gasteiger partial charge in [-0.3, -0.25) is 0 Å². The van der Waals surface area contributed by atoms with E-state index in [9.17, 15) is 0 Å². The Morgan fingerprint density at radius 1 is 0.521 bits per heavy atom. The zero-order valence-electron chi connectivity index (χ0n) is 28.0. The van der Waals surface area contributed by atoms with E-state index < -0.39 is 22.8 Å². The first-order chi connectivity index (χ1) is 22.6. The number of rotatable bonds is 6. The first-order valence-electron chi connectivity index (χ1n) is 16.9. The number of aryl methyl sites for hydroxylation is 2. The number of hydrogen-bond donors (Lipinski definition) is 0. The molecule has 4 heteroatoms. The van der Waals surface area contributed by atoms with Crippen molar-refractivity contribution in [2.75, 3.05) is 0 Å². The Hall–Kier alpha value is -3.17. The van der Waals surface area contributed by atoms with E-state index in [2.05, 4.69) is 160 Å². The van der Waals surface area contributed by atoms with Gasteiger partial charge in [-0.15, -0.1) is 0 Å². The largest absolute Gasteiger partial charge is 1.00 e. The molecule has 0 nitrogen and oxygen atoms in total. The van der Waals surface area contributed by atoms with Gasteiger partial charge in [0.05, 0.1) is 0 Å². The van der Waals surface area contributed by atoms with Crippen molar-refractivity contribution in [1.29, 1.82) is 0 Å². The molecule has 0 bridgehead atoms. The summed E-state index contributed by atoms with van der Waals surface area (Å²) in [4.78, 5) is 0. The normalized spacial score (nSPS) is 15.8. The maximum Gasteiger partial charge on any atom is -1.00 e. The maximum absolute atomic E-state index is 2.64. The summed E-state index contributed by atoms with van der Waals surface area (Å²) in [6.07, 6.45) is 6.60. The fourth-order valence-electron chi connectivity index (χ4n) is 8.16. The van der Waals surface area contributed by atoms with Crippen LogP contribution in [0.3, 0.4) is 0 Å². The second-order valence-corrected chi connectivity index (χ2v) is 25.5. The minimum absolute atomic E-state index is 0. The molecule has 0 heterocycles. The summed E-state index contributed by atoms with van der Waals surface area (Å²) in [5, 5.41) is 5.52. The van der Waals surface area contributed by atoms with Crippen molar-refractivity contribution in [3.63, 3.8) is 0 Å². The van der Waals surface area contributed by atoms with E-state index in [0.717, 1.165) is 12.8 Å². The SMILES string of the molecule is CCc1cc(C2=Cc3ccccc3[CH]2[Ti+2]([CH]2C(c3cc(CC)cc4ccccc34)=Cc3ccccc32)=[Si](C)C)c2ccccc2c1.[Cl-].[Cl-]. The standard InChI is InChI=1S/2C21H17.C2H6Si.2ClH.Ti/c2*1-2-15-11-18-9-5-6-10-20(18)21(12-15)19-13-16-7-3-4-8-17(16)14-19;1-3-2;;;/h2*3-14H,2H2,1H3;1-2H3;2*1H;/q;;;;;+2/p-2. The zero-order valence-corrected chi connectivity index (χ0v) is 32.1. The van der Waals surface area contributed by atoms with Gasteiger partial charge in [-0.1, -0.05) is 0 Å². The van der Waals surface area contributed by atoms with Crippen LogP contribution in [0.4, 0.5) is 0 Å². The van der Waals surface area contributed by atoms with Crippen molar-refractivity contribution in [2.45, 2.75) is 48.2 Å². The van der Waals surface area contributed by atoms with Crippen LogP contribution in [-0.4, -0.2) is 6.19 Å². The molecule has 0 radical (unpaired) electrons. The molecular weight excluding hydrogens is 675 g/mol. The van der Waals surface area contributed by atoms with E-state index in [1.807, 2.05) is 0 Å². The molecule has 0 spiro atoms. The van der Waals surface area contributed by atoms with Gasteiger partial charge in [0.2, 0.25) is 0 Å². The van der Waals surface area contributed by atoms with Crippen molar-refractivity contribution in [3.8, 4) is 0 Å². The number of halogens is 2. The first-order valence-corrected chi connectivity index (χ1v) is 23.5. The molecule has 238 valence electrons. The fourth-order valence-corrected chi connectivity index (χ4v) is 21.5. The van der Waals surface area contributed by atoms with Crippen LogP contribution >= 0.6 is 0 Å². The topological polar surface area (TPSA) is 0 Å². The monoisotopic (exact) mass is 714 g/mol. The molecule has 8 rings (SSSR count). The Labute approximate surface area is 304 Å². The van der Waals surface area contributed by atoms with Gasteiger partial charge in [0.25, 0.3) is 0 Å². The van der Waals surface area contributed by atoms with Gasteiger partial charge in [0.15, 0.2) is 0 Å². The van der Waals surface area contributed by atoms with E-state index in [1.165, 1.54) is 54.9 Å². The molecule has 0 fully saturated rings. The van der Waals surface area contributed by atoms with Crippen LogP contribution in [0.2, 0.25) is 13.1 Å². The smallest absolute Gasteiger partial charge is 1.00 e. The molecule has 48 heavy (non-hydrogen) atoms. The molecule has 0 N–H and O–H groups in total. The van der Waals surface area contributed by atoms with Crippen molar-refractivity contribution in [2.24, 2.45) is 0 Å². The molecule has 6 aromatic rings. The average molecular weight is 716 g/mol. The summed E-state index contributed by atoms with van der Waals surface area (Å²) in [7, 11) is 0. The third-order valence-electron chi connectivity index (χ3n) is 10.3. The molecule has 2 unspecified atom stereocenters. The predicted molar refractivity (Wildman–Crippen MR) is 198 cm³/mol. The van der Waals surface area contributed by atoms with Crippen LogP contribution in [0.25, 0.3) is 44.8 Å². The van der Waals surface area contributed by atoms with Gasteiger partial charge >= 0.3 is 282 Å². The van der Waals surface area contributed by atoms with Gasteiger partial charge in [-0.05, 0) is 0 Å². The van der Waals surface area contributed by atoms with Gasteiger partial charge in [-0.25, -0.2) is 0 Å². The Bertz CT molecular complexity index is 2120. The summed E-state index contributed by atoms with van der Waals surface area (Å²) >= 11 is -2.00. The average Bonchev–Trinajstić information content (AvgIpc) is 3.66. The zero-order chi connectivity index (χ0) is 31.4. The Balaban J connectivity index is 0.00000201. The maximum atomic E-state index is 2.64. The second kappa shape index (κ2) is 14.4. The molecule has 6 aromatic carbocycles. The summed E-state index contributed by atoms with van der Waals surface area (Å²) in [5.41, 5.74) is 14.9. The Morgan fingerprint density at radius 3 is 1.33 bits per heavy atom. The Morgan fingerprint density at radius 2 is 0.917 bits per heavy atom. The fraction of sp³-hybridized carbons (Fsp3) is 0.182. The predicted octanol–water partition coefficient (Wildman–Crippen LogP) is 5.89. The van der Waals surface area contributed by atoms with Crippen LogP contribution in [0.5, 0.6) is 0 Å². The van der Waals surface area contributed by atoms with E-state index in [0.29, 0.717) is 8.45 Å². The van der Waals surface area contributed by atoms with E-state index in [1.54, 1.807) is 22.3 Å². The second-order valence-electron chi connectivity index (χ2n) is 13.2. The quantitative estimate of drug-likeness (QED) is 0.189. The minimum Gasteiger partial charge on any atom is -1.00 e. The number of allylic oxidation sites excluding steroid dienone is 2. The molecule has 0 saturated heterocycles. The van der Waals surface area contributed by atoms with Crippen molar-refractivity contribution in [1.82, 2.24) is 0 Å². The van der Waals surface area contributed by atoms with Crippen LogP contribution < -0.4 is 24.8 Å². The van der Waals surface area contributed by atoms with Crippen LogP contribution in [0.15, 0.2) is 121 Å². The van der Waals surface area contributed by atoms with Gasteiger partial charge in [0.1, 0.15) is 0 Å². The van der Waals surface area contributed by atoms with E-state index >= 15 is 0 Å². The molecular formula is C44H40Cl2SiTi.